The number of phenols is 1. The fourth-order valence-electron chi connectivity index (χ4n) is 2.78. The van der Waals surface area contributed by atoms with Crippen LogP contribution in [0.3, 0.4) is 0 Å². The van der Waals surface area contributed by atoms with Crippen molar-refractivity contribution in [3.05, 3.63) is 76.8 Å². The molecule has 3 aromatic rings. The van der Waals surface area contributed by atoms with Gasteiger partial charge in [0.25, 0.3) is 0 Å². The van der Waals surface area contributed by atoms with Gasteiger partial charge in [0, 0.05) is 10.6 Å². The Hall–Kier alpha value is -2.72. The predicted octanol–water partition coefficient (Wildman–Crippen LogP) is 4.64. The van der Waals surface area contributed by atoms with Gasteiger partial charge < -0.3 is 15.2 Å². The van der Waals surface area contributed by atoms with Gasteiger partial charge >= 0.3 is 6.09 Å². The lowest BCUT2D eigenvalue weighted by Gasteiger charge is -2.22. The molecule has 3 aromatic carbocycles. The second kappa shape index (κ2) is 6.81. The Labute approximate surface area is 144 Å². The molecule has 1 atom stereocenters. The summed E-state index contributed by atoms with van der Waals surface area (Å²) in [6, 6.07) is 17.6. The van der Waals surface area contributed by atoms with Gasteiger partial charge in [-0.25, -0.2) is 4.79 Å². The van der Waals surface area contributed by atoms with E-state index in [1.165, 1.54) is 7.11 Å². The fourth-order valence-corrected chi connectivity index (χ4v) is 3.02. The van der Waals surface area contributed by atoms with E-state index in [1.807, 2.05) is 48.5 Å². The predicted molar refractivity (Wildman–Crippen MR) is 94.4 cm³/mol. The zero-order chi connectivity index (χ0) is 17.1. The summed E-state index contributed by atoms with van der Waals surface area (Å²) in [6.45, 7) is 0. The zero-order valence-electron chi connectivity index (χ0n) is 13.0. The summed E-state index contributed by atoms with van der Waals surface area (Å²) in [5, 5.41) is 15.5. The van der Waals surface area contributed by atoms with Crippen molar-refractivity contribution in [2.75, 3.05) is 7.11 Å². The number of carbonyl (C=O) groups excluding carboxylic acids is 1. The van der Waals surface area contributed by atoms with Gasteiger partial charge in [-0.15, -0.1) is 0 Å². The quantitative estimate of drug-likeness (QED) is 0.729. The number of fused-ring (bicyclic) bond motifs is 1. The molecule has 0 spiro atoms. The minimum Gasteiger partial charge on any atom is -0.508 e. The molecule has 5 heteroatoms. The second-order valence-electron chi connectivity index (χ2n) is 5.31. The van der Waals surface area contributed by atoms with Crippen molar-refractivity contribution in [2.24, 2.45) is 0 Å². The number of carbonyl (C=O) groups is 1. The number of hydrogen-bond donors (Lipinski definition) is 2. The fraction of sp³-hybridized carbons (Fsp3) is 0.105. The molecule has 3 rings (SSSR count). The van der Waals surface area contributed by atoms with Gasteiger partial charge in [-0.05, 0) is 28.5 Å². The highest BCUT2D eigenvalue weighted by atomic mass is 35.5. The maximum absolute atomic E-state index is 11.9. The largest absolute Gasteiger partial charge is 0.508 e. The highest BCUT2D eigenvalue weighted by molar-refractivity contribution is 6.31. The summed E-state index contributed by atoms with van der Waals surface area (Å²) in [7, 11) is 1.29. The molecule has 0 aliphatic heterocycles. The van der Waals surface area contributed by atoms with Crippen molar-refractivity contribution in [1.82, 2.24) is 5.32 Å². The average molecular weight is 342 g/mol. The molecule has 0 radical (unpaired) electrons. The Balaban J connectivity index is 2.25. The summed E-state index contributed by atoms with van der Waals surface area (Å²) >= 11 is 6.33. The number of alkyl carbamates (subject to hydrolysis) is 1. The van der Waals surface area contributed by atoms with E-state index in [-0.39, 0.29) is 5.75 Å². The lowest BCUT2D eigenvalue weighted by atomic mass is 9.93. The lowest BCUT2D eigenvalue weighted by molar-refractivity contribution is 0.168. The number of halogens is 1. The second-order valence-corrected chi connectivity index (χ2v) is 5.72. The molecule has 1 amide bonds. The molecule has 0 bridgehead atoms. The van der Waals surface area contributed by atoms with Crippen LogP contribution >= 0.6 is 11.6 Å². The summed E-state index contributed by atoms with van der Waals surface area (Å²) in [6.07, 6.45) is -0.604. The number of rotatable bonds is 3. The van der Waals surface area contributed by atoms with E-state index in [1.54, 1.807) is 12.1 Å². The van der Waals surface area contributed by atoms with Crippen LogP contribution in [-0.4, -0.2) is 18.3 Å². The molecule has 4 nitrogen and oxygen atoms in total. The maximum Gasteiger partial charge on any atom is 0.407 e. The van der Waals surface area contributed by atoms with Crippen molar-refractivity contribution < 1.29 is 14.6 Å². The number of ether oxygens (including phenoxy) is 1. The molecule has 0 aliphatic carbocycles. The lowest BCUT2D eigenvalue weighted by Crippen LogP contribution is -2.29. The molecule has 122 valence electrons. The topological polar surface area (TPSA) is 58.6 Å². The number of benzene rings is 3. The van der Waals surface area contributed by atoms with Crippen LogP contribution < -0.4 is 5.32 Å². The number of nitrogens with one attached hydrogen (secondary N) is 1. The third-order valence-corrected chi connectivity index (χ3v) is 4.24. The van der Waals surface area contributed by atoms with Gasteiger partial charge in [-0.3, -0.25) is 0 Å². The van der Waals surface area contributed by atoms with E-state index in [4.69, 9.17) is 16.3 Å². The van der Waals surface area contributed by atoms with Crippen LogP contribution in [0.1, 0.15) is 17.2 Å². The van der Waals surface area contributed by atoms with Gasteiger partial charge in [0.05, 0.1) is 13.2 Å². The molecule has 0 aromatic heterocycles. The molecule has 0 saturated carbocycles. The summed E-state index contributed by atoms with van der Waals surface area (Å²) in [4.78, 5) is 11.9. The maximum atomic E-state index is 11.9. The van der Waals surface area contributed by atoms with Crippen molar-refractivity contribution in [1.29, 1.82) is 0 Å². The average Bonchev–Trinajstić information content (AvgIpc) is 2.60. The van der Waals surface area contributed by atoms with Crippen LogP contribution in [0.2, 0.25) is 5.02 Å². The zero-order valence-corrected chi connectivity index (χ0v) is 13.7. The Morgan fingerprint density at radius 3 is 2.54 bits per heavy atom. The summed E-state index contributed by atoms with van der Waals surface area (Å²) in [5.74, 6) is 0.0787. The number of hydrogen-bond acceptors (Lipinski definition) is 3. The molecule has 1 unspecified atom stereocenters. The smallest absolute Gasteiger partial charge is 0.407 e. The number of aromatic hydroxyl groups is 1. The van der Waals surface area contributed by atoms with Gasteiger partial charge in [-0.2, -0.15) is 0 Å². The molecular formula is C19H16ClNO3. The van der Waals surface area contributed by atoms with Gasteiger partial charge in [0.2, 0.25) is 0 Å². The minimum absolute atomic E-state index is 0.0787. The Morgan fingerprint density at radius 1 is 1.08 bits per heavy atom. The highest BCUT2D eigenvalue weighted by Gasteiger charge is 2.24. The molecule has 2 N–H and O–H groups in total. The first kappa shape index (κ1) is 16.1. The molecule has 0 heterocycles. The van der Waals surface area contributed by atoms with E-state index in [9.17, 15) is 9.90 Å². The summed E-state index contributed by atoms with van der Waals surface area (Å²) in [5.41, 5.74) is 1.25. The Kier molecular flexibility index (Phi) is 4.58. The van der Waals surface area contributed by atoms with E-state index in [0.717, 1.165) is 10.8 Å². The van der Waals surface area contributed by atoms with Gasteiger partial charge in [0.1, 0.15) is 5.75 Å². The summed E-state index contributed by atoms with van der Waals surface area (Å²) < 4.78 is 4.74. The number of methoxy groups -OCH3 is 1. The number of phenolic OH excluding ortho intramolecular Hbond substituents is 1. The third kappa shape index (κ3) is 3.01. The molecule has 0 saturated heterocycles. The third-order valence-electron chi connectivity index (χ3n) is 3.90. The van der Waals surface area contributed by atoms with Gasteiger partial charge in [-0.1, -0.05) is 60.1 Å². The standard InChI is InChI=1S/C19H16ClNO3/c1-24-19(23)21-18(14-8-4-5-9-15(14)20)17-13-7-3-2-6-12(13)10-11-16(17)22/h2-11,18,22H,1H3,(H,21,23). The van der Waals surface area contributed by atoms with Crippen LogP contribution in [0.5, 0.6) is 5.75 Å². The Morgan fingerprint density at radius 2 is 1.79 bits per heavy atom. The first-order valence-corrected chi connectivity index (χ1v) is 7.79. The first-order chi connectivity index (χ1) is 11.6. The van der Waals surface area contributed by atoms with E-state index in [0.29, 0.717) is 16.1 Å². The van der Waals surface area contributed by atoms with E-state index < -0.39 is 12.1 Å². The molecule has 0 fully saturated rings. The Bertz CT molecular complexity index is 895. The van der Waals surface area contributed by atoms with E-state index >= 15 is 0 Å². The van der Waals surface area contributed by atoms with Gasteiger partial charge in [0.15, 0.2) is 0 Å². The van der Waals surface area contributed by atoms with Crippen molar-refractivity contribution >= 4 is 28.5 Å². The van der Waals surface area contributed by atoms with Crippen molar-refractivity contribution in [3.63, 3.8) is 0 Å². The normalized spacial score (nSPS) is 11.9. The van der Waals surface area contributed by atoms with Crippen LogP contribution in [0.4, 0.5) is 4.79 Å². The van der Waals surface area contributed by atoms with Crippen LogP contribution in [0.25, 0.3) is 10.8 Å². The van der Waals surface area contributed by atoms with Crippen molar-refractivity contribution in [2.45, 2.75) is 6.04 Å². The first-order valence-electron chi connectivity index (χ1n) is 7.41. The molecular weight excluding hydrogens is 326 g/mol. The van der Waals surface area contributed by atoms with Crippen LogP contribution in [-0.2, 0) is 4.74 Å². The minimum atomic E-state index is -0.641. The molecule has 0 aliphatic rings. The van der Waals surface area contributed by atoms with Crippen LogP contribution in [0, 0.1) is 0 Å². The SMILES string of the molecule is COC(=O)NC(c1ccccc1Cl)c1c(O)ccc2ccccc12. The van der Waals surface area contributed by atoms with Crippen LogP contribution in [0.15, 0.2) is 60.7 Å². The molecule has 24 heavy (non-hydrogen) atoms. The highest BCUT2D eigenvalue weighted by Crippen LogP contribution is 2.38. The van der Waals surface area contributed by atoms with Crippen molar-refractivity contribution in [3.8, 4) is 5.75 Å². The van der Waals surface area contributed by atoms with E-state index in [2.05, 4.69) is 5.32 Å². The number of amides is 1. The monoisotopic (exact) mass is 341 g/mol.